The summed E-state index contributed by atoms with van der Waals surface area (Å²) >= 11 is 2.20. The highest BCUT2D eigenvalue weighted by Crippen LogP contribution is 2.14. The van der Waals surface area contributed by atoms with E-state index in [4.69, 9.17) is 9.47 Å². The minimum absolute atomic E-state index is 0.0596. The number of rotatable bonds is 7. The molecule has 0 aliphatic heterocycles. The Bertz CT molecular complexity index is 464. The molecular formula is C14H18INO4. The summed E-state index contributed by atoms with van der Waals surface area (Å²) in [6.07, 6.45) is 0.393. The SMILES string of the molecule is CCOCC(=O)N[C@@H](Cc1ccccc1I)C(=O)OC. The molecule has 6 heteroatoms. The van der Waals surface area contributed by atoms with Crippen LogP contribution in [-0.2, 0) is 25.5 Å². The van der Waals surface area contributed by atoms with Gasteiger partial charge in [-0.3, -0.25) is 4.79 Å². The first-order valence-electron chi connectivity index (χ1n) is 6.26. The van der Waals surface area contributed by atoms with Crippen LogP contribution in [0.25, 0.3) is 0 Å². The average Bonchev–Trinajstić information content (AvgIpc) is 2.45. The molecule has 5 nitrogen and oxygen atoms in total. The minimum atomic E-state index is -0.705. The van der Waals surface area contributed by atoms with E-state index in [2.05, 4.69) is 27.9 Å². The molecule has 0 bridgehead atoms. The largest absolute Gasteiger partial charge is 0.467 e. The van der Waals surface area contributed by atoms with Gasteiger partial charge in [0.1, 0.15) is 12.6 Å². The van der Waals surface area contributed by atoms with Crippen LogP contribution >= 0.6 is 22.6 Å². The zero-order chi connectivity index (χ0) is 15.0. The van der Waals surface area contributed by atoms with Crippen molar-refractivity contribution in [3.8, 4) is 0 Å². The number of carbonyl (C=O) groups is 2. The molecule has 0 saturated heterocycles. The third-order valence-corrected chi connectivity index (χ3v) is 3.69. The summed E-state index contributed by atoms with van der Waals surface area (Å²) < 4.78 is 10.8. The second-order valence-corrected chi connectivity index (χ2v) is 5.24. The van der Waals surface area contributed by atoms with Gasteiger partial charge in [0.25, 0.3) is 0 Å². The van der Waals surface area contributed by atoms with E-state index in [0.29, 0.717) is 13.0 Å². The first-order chi connectivity index (χ1) is 9.58. The van der Waals surface area contributed by atoms with Crippen LogP contribution in [0.3, 0.4) is 0 Å². The monoisotopic (exact) mass is 391 g/mol. The molecule has 0 unspecified atom stereocenters. The molecule has 110 valence electrons. The number of benzene rings is 1. The second kappa shape index (κ2) is 8.91. The van der Waals surface area contributed by atoms with Gasteiger partial charge in [0, 0.05) is 16.6 Å². The normalized spacial score (nSPS) is 11.8. The second-order valence-electron chi connectivity index (χ2n) is 4.08. The standard InChI is InChI=1S/C14H18INO4/c1-3-20-9-13(17)16-12(14(18)19-2)8-10-6-4-5-7-11(10)15/h4-7,12H,3,8-9H2,1-2H3,(H,16,17)/t12-/m0/s1. The Morgan fingerprint density at radius 2 is 2.05 bits per heavy atom. The fourth-order valence-corrected chi connectivity index (χ4v) is 2.26. The number of hydrogen-bond acceptors (Lipinski definition) is 4. The van der Waals surface area contributed by atoms with Crippen molar-refractivity contribution in [2.24, 2.45) is 0 Å². The van der Waals surface area contributed by atoms with Crippen molar-refractivity contribution in [2.75, 3.05) is 20.3 Å². The minimum Gasteiger partial charge on any atom is -0.467 e. The molecule has 0 fully saturated rings. The molecule has 0 aliphatic rings. The van der Waals surface area contributed by atoms with Crippen LogP contribution in [0.4, 0.5) is 0 Å². The molecule has 0 heterocycles. The van der Waals surface area contributed by atoms with E-state index in [9.17, 15) is 9.59 Å². The third kappa shape index (κ3) is 5.46. The van der Waals surface area contributed by atoms with Crippen molar-refractivity contribution in [2.45, 2.75) is 19.4 Å². The molecule has 0 aliphatic carbocycles. The Morgan fingerprint density at radius 3 is 2.65 bits per heavy atom. The van der Waals surface area contributed by atoms with Crippen LogP contribution in [0, 0.1) is 3.57 Å². The molecule has 1 aromatic rings. The van der Waals surface area contributed by atoms with Crippen LogP contribution in [-0.4, -0.2) is 38.2 Å². The summed E-state index contributed by atoms with van der Waals surface area (Å²) in [6, 6.07) is 6.99. The lowest BCUT2D eigenvalue weighted by Gasteiger charge is -2.17. The number of methoxy groups -OCH3 is 1. The number of esters is 1. The lowest BCUT2D eigenvalue weighted by Crippen LogP contribution is -2.44. The Balaban J connectivity index is 2.72. The molecule has 1 atom stereocenters. The predicted molar refractivity (Wildman–Crippen MR) is 83.3 cm³/mol. The van der Waals surface area contributed by atoms with Gasteiger partial charge in [0.2, 0.25) is 5.91 Å². The van der Waals surface area contributed by atoms with Crippen LogP contribution < -0.4 is 5.32 Å². The highest BCUT2D eigenvalue weighted by atomic mass is 127. The van der Waals surface area contributed by atoms with Crippen molar-refractivity contribution in [3.63, 3.8) is 0 Å². The molecule has 1 aromatic carbocycles. The third-order valence-electron chi connectivity index (χ3n) is 2.64. The summed E-state index contributed by atoms with van der Waals surface area (Å²) in [5.41, 5.74) is 0.986. The molecule has 1 amide bonds. The van der Waals surface area contributed by atoms with Crippen molar-refractivity contribution >= 4 is 34.5 Å². The van der Waals surface area contributed by atoms with E-state index in [-0.39, 0.29) is 12.5 Å². The van der Waals surface area contributed by atoms with E-state index in [1.165, 1.54) is 7.11 Å². The summed E-state index contributed by atoms with van der Waals surface area (Å²) in [6.45, 7) is 2.19. The maximum absolute atomic E-state index is 11.8. The van der Waals surface area contributed by atoms with Crippen LogP contribution in [0.5, 0.6) is 0 Å². The van der Waals surface area contributed by atoms with Gasteiger partial charge in [-0.05, 0) is 41.1 Å². The van der Waals surface area contributed by atoms with E-state index in [1.54, 1.807) is 6.92 Å². The summed E-state index contributed by atoms with van der Waals surface area (Å²) in [4.78, 5) is 23.4. The topological polar surface area (TPSA) is 64.6 Å². The molecular weight excluding hydrogens is 373 g/mol. The van der Waals surface area contributed by atoms with Crippen LogP contribution in [0.1, 0.15) is 12.5 Å². The summed E-state index contributed by atoms with van der Waals surface area (Å²) in [5, 5.41) is 2.64. The van der Waals surface area contributed by atoms with Gasteiger partial charge < -0.3 is 14.8 Å². The number of amides is 1. The fourth-order valence-electron chi connectivity index (χ4n) is 1.65. The van der Waals surface area contributed by atoms with Gasteiger partial charge in [0.15, 0.2) is 0 Å². The van der Waals surface area contributed by atoms with Gasteiger partial charge in [-0.1, -0.05) is 18.2 Å². The lowest BCUT2D eigenvalue weighted by atomic mass is 10.1. The predicted octanol–water partition coefficient (Wildman–Crippen LogP) is 1.53. The van der Waals surface area contributed by atoms with Crippen molar-refractivity contribution in [3.05, 3.63) is 33.4 Å². The Hall–Kier alpha value is -1.15. The molecule has 1 N–H and O–H groups in total. The fraction of sp³-hybridized carbons (Fsp3) is 0.429. The number of hydrogen-bond donors (Lipinski definition) is 1. The Morgan fingerprint density at radius 1 is 1.35 bits per heavy atom. The number of halogens is 1. The maximum Gasteiger partial charge on any atom is 0.328 e. The highest BCUT2D eigenvalue weighted by molar-refractivity contribution is 14.1. The first-order valence-corrected chi connectivity index (χ1v) is 7.34. The quantitative estimate of drug-likeness (QED) is 0.566. The van der Waals surface area contributed by atoms with Gasteiger partial charge in [-0.25, -0.2) is 4.79 Å². The zero-order valence-electron chi connectivity index (χ0n) is 11.5. The molecule has 0 spiro atoms. The Kier molecular flexibility index (Phi) is 7.53. The van der Waals surface area contributed by atoms with Crippen molar-refractivity contribution < 1.29 is 19.1 Å². The molecule has 0 radical (unpaired) electrons. The number of ether oxygens (including phenoxy) is 2. The van der Waals surface area contributed by atoms with E-state index >= 15 is 0 Å². The maximum atomic E-state index is 11.8. The van der Waals surface area contributed by atoms with Gasteiger partial charge in [-0.15, -0.1) is 0 Å². The Labute approximate surface area is 132 Å². The van der Waals surface area contributed by atoms with Crippen LogP contribution in [0.15, 0.2) is 24.3 Å². The van der Waals surface area contributed by atoms with Gasteiger partial charge in [-0.2, -0.15) is 0 Å². The number of carbonyl (C=O) groups excluding carboxylic acids is 2. The van der Waals surface area contributed by atoms with Gasteiger partial charge >= 0.3 is 5.97 Å². The lowest BCUT2D eigenvalue weighted by molar-refractivity contribution is -0.145. The summed E-state index contributed by atoms with van der Waals surface area (Å²) in [5.74, 6) is -0.789. The van der Waals surface area contributed by atoms with Gasteiger partial charge in [0.05, 0.1) is 7.11 Å². The zero-order valence-corrected chi connectivity index (χ0v) is 13.7. The smallest absolute Gasteiger partial charge is 0.328 e. The van der Waals surface area contributed by atoms with Crippen molar-refractivity contribution in [1.29, 1.82) is 0 Å². The molecule has 0 aromatic heterocycles. The average molecular weight is 391 g/mol. The highest BCUT2D eigenvalue weighted by Gasteiger charge is 2.22. The van der Waals surface area contributed by atoms with E-state index in [0.717, 1.165) is 9.13 Å². The van der Waals surface area contributed by atoms with E-state index < -0.39 is 12.0 Å². The first kappa shape index (κ1) is 16.9. The summed E-state index contributed by atoms with van der Waals surface area (Å²) in [7, 11) is 1.31. The van der Waals surface area contributed by atoms with Crippen molar-refractivity contribution in [1.82, 2.24) is 5.32 Å². The molecule has 0 saturated carbocycles. The van der Waals surface area contributed by atoms with Crippen LogP contribution in [0.2, 0.25) is 0 Å². The molecule has 20 heavy (non-hydrogen) atoms. The number of nitrogens with one attached hydrogen (secondary N) is 1. The molecule has 1 rings (SSSR count). The van der Waals surface area contributed by atoms with E-state index in [1.807, 2.05) is 24.3 Å².